The molecule has 0 spiro atoms. The van der Waals surface area contributed by atoms with E-state index >= 15 is 0 Å². The number of nitrogens with zero attached hydrogens (tertiary/aromatic N) is 4. The number of aromatic nitrogens is 3. The van der Waals surface area contributed by atoms with Crippen molar-refractivity contribution in [3.05, 3.63) is 23.7 Å². The van der Waals surface area contributed by atoms with Crippen LogP contribution in [0.4, 0.5) is 5.95 Å². The molecule has 1 saturated heterocycles. The number of nitrogens with one attached hydrogen (secondary N) is 1. The summed E-state index contributed by atoms with van der Waals surface area (Å²) >= 11 is 0. The lowest BCUT2D eigenvalue weighted by Crippen LogP contribution is -2.45. The lowest BCUT2D eigenvalue weighted by atomic mass is 10.0. The fourth-order valence-corrected chi connectivity index (χ4v) is 4.11. The Morgan fingerprint density at radius 2 is 2.00 bits per heavy atom. The summed E-state index contributed by atoms with van der Waals surface area (Å²) in [6.45, 7) is 5.81. The predicted octanol–water partition coefficient (Wildman–Crippen LogP) is 3.06. The second-order valence-electron chi connectivity index (χ2n) is 8.67. The molecule has 7 heteroatoms. The average molecular weight is 381 g/mol. The molecule has 3 heterocycles. The Morgan fingerprint density at radius 1 is 1.25 bits per heavy atom. The van der Waals surface area contributed by atoms with Gasteiger partial charge in [-0.15, -0.1) is 0 Å². The van der Waals surface area contributed by atoms with Gasteiger partial charge in [-0.25, -0.2) is 9.97 Å². The highest BCUT2D eigenvalue weighted by Gasteiger charge is 2.40. The van der Waals surface area contributed by atoms with Crippen LogP contribution in [0.15, 0.2) is 16.8 Å². The first kappa shape index (κ1) is 17.6. The van der Waals surface area contributed by atoms with Crippen LogP contribution in [0.3, 0.4) is 0 Å². The van der Waals surface area contributed by atoms with Crippen molar-refractivity contribution < 1.29 is 9.32 Å². The van der Waals surface area contributed by atoms with Gasteiger partial charge in [0.15, 0.2) is 5.76 Å². The Kier molecular flexibility index (Phi) is 4.33. The molecule has 148 valence electrons. The van der Waals surface area contributed by atoms with Gasteiger partial charge in [0, 0.05) is 43.2 Å². The van der Waals surface area contributed by atoms with E-state index in [1.807, 2.05) is 19.2 Å². The van der Waals surface area contributed by atoms with Gasteiger partial charge < -0.3 is 14.7 Å². The highest BCUT2D eigenvalue weighted by Crippen LogP contribution is 2.44. The maximum absolute atomic E-state index is 12.2. The topological polar surface area (TPSA) is 84.2 Å². The van der Waals surface area contributed by atoms with E-state index in [0.29, 0.717) is 11.8 Å². The lowest BCUT2D eigenvalue weighted by molar-refractivity contribution is -0.123. The Morgan fingerprint density at radius 3 is 2.61 bits per heavy atom. The highest BCUT2D eigenvalue weighted by molar-refractivity contribution is 5.81. The van der Waals surface area contributed by atoms with Crippen molar-refractivity contribution in [2.24, 2.45) is 11.8 Å². The standard InChI is InChI=1S/C21H27N5O2/c1-12-9-16(12)20(27)23-15-5-7-26(8-6-15)21-22-11-17(18-10-13(2)25-28-18)19(24-21)14-3-4-14/h10-12,14-16H,3-9H2,1-2H3,(H,23,27)/t12-,16+/m0/s1. The van der Waals surface area contributed by atoms with Gasteiger partial charge in [0.25, 0.3) is 0 Å². The van der Waals surface area contributed by atoms with Gasteiger partial charge in [-0.1, -0.05) is 12.1 Å². The summed E-state index contributed by atoms with van der Waals surface area (Å²) in [6.07, 6.45) is 7.16. The van der Waals surface area contributed by atoms with Crippen molar-refractivity contribution in [2.75, 3.05) is 18.0 Å². The number of rotatable bonds is 5. The molecule has 2 aromatic rings. The number of carbonyl (C=O) groups is 1. The fourth-order valence-electron chi connectivity index (χ4n) is 4.11. The SMILES string of the molecule is Cc1cc(-c2cnc(N3CCC(NC(=O)[C@@H]4C[C@@H]4C)CC3)nc2C2CC2)on1. The van der Waals surface area contributed by atoms with E-state index in [2.05, 4.69) is 27.3 Å². The van der Waals surface area contributed by atoms with Gasteiger partial charge in [-0.05, 0) is 44.9 Å². The number of hydrogen-bond donors (Lipinski definition) is 1. The molecule has 3 aliphatic rings. The van der Waals surface area contributed by atoms with Crippen molar-refractivity contribution in [3.8, 4) is 11.3 Å². The van der Waals surface area contributed by atoms with Crippen molar-refractivity contribution in [1.82, 2.24) is 20.4 Å². The smallest absolute Gasteiger partial charge is 0.225 e. The number of carbonyl (C=O) groups excluding carboxylic acids is 1. The molecule has 1 N–H and O–H groups in total. The summed E-state index contributed by atoms with van der Waals surface area (Å²) in [5.41, 5.74) is 2.91. The molecule has 0 unspecified atom stereocenters. The van der Waals surface area contributed by atoms with E-state index < -0.39 is 0 Å². The maximum atomic E-state index is 12.2. The van der Waals surface area contributed by atoms with E-state index in [4.69, 9.17) is 9.51 Å². The minimum absolute atomic E-state index is 0.241. The predicted molar refractivity (Wildman–Crippen MR) is 105 cm³/mol. The van der Waals surface area contributed by atoms with Crippen LogP contribution >= 0.6 is 0 Å². The van der Waals surface area contributed by atoms with Crippen LogP contribution in [0, 0.1) is 18.8 Å². The number of aryl methyl sites for hydroxylation is 1. The molecule has 7 nitrogen and oxygen atoms in total. The minimum Gasteiger partial charge on any atom is -0.356 e. The van der Waals surface area contributed by atoms with Crippen LogP contribution < -0.4 is 10.2 Å². The molecular formula is C21H27N5O2. The normalized spacial score (nSPS) is 25.0. The molecule has 3 fully saturated rings. The largest absolute Gasteiger partial charge is 0.356 e. The summed E-state index contributed by atoms with van der Waals surface area (Å²) < 4.78 is 5.45. The van der Waals surface area contributed by atoms with E-state index in [1.54, 1.807) is 0 Å². The monoisotopic (exact) mass is 381 g/mol. The third-order valence-corrected chi connectivity index (χ3v) is 6.23. The van der Waals surface area contributed by atoms with E-state index in [9.17, 15) is 4.79 Å². The zero-order chi connectivity index (χ0) is 19.3. The molecular weight excluding hydrogens is 354 g/mol. The average Bonchev–Trinajstić information content (AvgIpc) is 3.62. The third-order valence-electron chi connectivity index (χ3n) is 6.23. The van der Waals surface area contributed by atoms with Crippen LogP contribution in [-0.2, 0) is 4.79 Å². The number of amides is 1. The van der Waals surface area contributed by atoms with E-state index in [-0.39, 0.29) is 17.9 Å². The molecule has 5 rings (SSSR count). The van der Waals surface area contributed by atoms with E-state index in [0.717, 1.165) is 61.0 Å². The third kappa shape index (κ3) is 3.50. The van der Waals surface area contributed by atoms with Crippen molar-refractivity contribution in [2.45, 2.75) is 57.9 Å². The van der Waals surface area contributed by atoms with Crippen LogP contribution in [0.2, 0.25) is 0 Å². The van der Waals surface area contributed by atoms with Crippen molar-refractivity contribution in [3.63, 3.8) is 0 Å². The Hall–Kier alpha value is -2.44. The maximum Gasteiger partial charge on any atom is 0.225 e. The molecule has 1 aliphatic heterocycles. The second kappa shape index (κ2) is 6.87. The van der Waals surface area contributed by atoms with Gasteiger partial charge in [-0.2, -0.15) is 0 Å². The van der Waals surface area contributed by atoms with Crippen molar-refractivity contribution in [1.29, 1.82) is 0 Å². The van der Waals surface area contributed by atoms with Gasteiger partial charge in [-0.3, -0.25) is 4.79 Å². The molecule has 2 aromatic heterocycles. The number of hydrogen-bond acceptors (Lipinski definition) is 6. The summed E-state index contributed by atoms with van der Waals surface area (Å²) in [5.74, 6) is 3.09. The van der Waals surface area contributed by atoms with Crippen LogP contribution in [0.25, 0.3) is 11.3 Å². The van der Waals surface area contributed by atoms with Gasteiger partial charge in [0.2, 0.25) is 11.9 Å². The van der Waals surface area contributed by atoms with Gasteiger partial charge in [0.05, 0.1) is 17.0 Å². The second-order valence-corrected chi connectivity index (χ2v) is 8.67. The first-order valence-corrected chi connectivity index (χ1v) is 10.4. The molecule has 2 aliphatic carbocycles. The quantitative estimate of drug-likeness (QED) is 0.857. The zero-order valence-corrected chi connectivity index (χ0v) is 16.5. The molecule has 2 saturated carbocycles. The number of anilines is 1. The first-order valence-electron chi connectivity index (χ1n) is 10.4. The summed E-state index contributed by atoms with van der Waals surface area (Å²) in [6, 6.07) is 2.22. The molecule has 2 atom stereocenters. The van der Waals surface area contributed by atoms with E-state index in [1.165, 1.54) is 12.8 Å². The molecule has 0 aromatic carbocycles. The van der Waals surface area contributed by atoms with Crippen LogP contribution in [-0.4, -0.2) is 40.2 Å². The summed E-state index contributed by atoms with van der Waals surface area (Å²) in [5, 5.41) is 7.23. The lowest BCUT2D eigenvalue weighted by Gasteiger charge is -2.32. The minimum atomic E-state index is 0.241. The molecule has 0 bridgehead atoms. The van der Waals surface area contributed by atoms with Gasteiger partial charge >= 0.3 is 0 Å². The molecule has 28 heavy (non-hydrogen) atoms. The molecule has 0 radical (unpaired) electrons. The Balaban J connectivity index is 1.27. The highest BCUT2D eigenvalue weighted by atomic mass is 16.5. The summed E-state index contributed by atoms with van der Waals surface area (Å²) in [4.78, 5) is 24.0. The fraction of sp³-hybridized carbons (Fsp3) is 0.619. The Labute approximate surface area is 164 Å². The van der Waals surface area contributed by atoms with Crippen LogP contribution in [0.5, 0.6) is 0 Å². The van der Waals surface area contributed by atoms with Gasteiger partial charge in [0.1, 0.15) is 0 Å². The van der Waals surface area contributed by atoms with Crippen LogP contribution in [0.1, 0.15) is 56.3 Å². The summed E-state index contributed by atoms with van der Waals surface area (Å²) in [7, 11) is 0. The zero-order valence-electron chi connectivity index (χ0n) is 16.5. The molecule has 1 amide bonds. The number of piperidine rings is 1. The Bertz CT molecular complexity index is 883. The van der Waals surface area contributed by atoms with Crippen molar-refractivity contribution >= 4 is 11.9 Å². The first-order chi connectivity index (χ1) is 13.6.